The maximum atomic E-state index is 12.3. The second-order valence-electron chi connectivity index (χ2n) is 9.93. The Morgan fingerprint density at radius 2 is 1.63 bits per heavy atom. The lowest BCUT2D eigenvalue weighted by Gasteiger charge is -2.37. The minimum atomic E-state index is -0.824. The van der Waals surface area contributed by atoms with E-state index in [-0.39, 0.29) is 11.2 Å². The average molecular weight is 536 g/mol. The van der Waals surface area contributed by atoms with Crippen molar-refractivity contribution in [3.8, 4) is 0 Å². The second kappa shape index (κ2) is 10.7. The van der Waals surface area contributed by atoms with E-state index >= 15 is 0 Å². The third-order valence-electron chi connectivity index (χ3n) is 7.57. The van der Waals surface area contributed by atoms with Gasteiger partial charge in [-0.3, -0.25) is 23.6 Å². The van der Waals surface area contributed by atoms with Gasteiger partial charge in [-0.15, -0.1) is 0 Å². The van der Waals surface area contributed by atoms with Gasteiger partial charge in [0.1, 0.15) is 5.82 Å². The van der Waals surface area contributed by atoms with E-state index in [2.05, 4.69) is 26.8 Å². The number of hydrogen-bond acceptors (Lipinski definition) is 7. The molecule has 0 saturated carbocycles. The Morgan fingerprint density at radius 1 is 0.921 bits per heavy atom. The number of aromatic nitrogens is 2. The molecule has 0 aliphatic carbocycles. The second-order valence-corrected chi connectivity index (χ2v) is 11.0. The van der Waals surface area contributed by atoms with Gasteiger partial charge in [-0.25, -0.2) is 4.79 Å². The summed E-state index contributed by atoms with van der Waals surface area (Å²) in [6.45, 7) is 6.68. The van der Waals surface area contributed by atoms with Crippen LogP contribution in [0.5, 0.6) is 0 Å². The minimum Gasteiger partial charge on any atom is -0.481 e. The summed E-state index contributed by atoms with van der Waals surface area (Å²) in [5, 5.41) is 9.53. The number of hydrogen-bond donors (Lipinski definition) is 1. The Morgan fingerprint density at radius 3 is 2.37 bits per heavy atom. The van der Waals surface area contributed by atoms with Gasteiger partial charge in [-0.1, -0.05) is 30.0 Å². The molecule has 10 heteroatoms. The Labute approximate surface area is 225 Å². The first-order chi connectivity index (χ1) is 18.2. The van der Waals surface area contributed by atoms with Crippen LogP contribution >= 0.6 is 11.8 Å². The molecule has 1 unspecified atom stereocenters. The first-order valence-corrected chi connectivity index (χ1v) is 13.7. The third kappa shape index (κ3) is 4.98. The van der Waals surface area contributed by atoms with Crippen LogP contribution in [0.1, 0.15) is 24.8 Å². The number of aliphatic carboxylic acids is 1. The van der Waals surface area contributed by atoms with Crippen LogP contribution in [0.15, 0.2) is 67.9 Å². The number of nitrogens with zero attached hydrogens (tertiary/aromatic N) is 5. The van der Waals surface area contributed by atoms with Crippen LogP contribution in [0, 0.1) is 0 Å². The monoisotopic (exact) mass is 535 g/mol. The molecule has 0 radical (unpaired) electrons. The highest BCUT2D eigenvalue weighted by Gasteiger charge is 2.26. The molecule has 1 fully saturated rings. The molecule has 2 aliphatic rings. The Bertz CT molecular complexity index is 1470. The van der Waals surface area contributed by atoms with Gasteiger partial charge in [0.15, 0.2) is 0 Å². The van der Waals surface area contributed by atoms with E-state index in [1.165, 1.54) is 11.9 Å². The fraction of sp³-hybridized carbons (Fsp3) is 0.393. The van der Waals surface area contributed by atoms with Crippen molar-refractivity contribution in [2.75, 3.05) is 49.1 Å². The van der Waals surface area contributed by atoms with Gasteiger partial charge in [0.05, 0.1) is 17.3 Å². The van der Waals surface area contributed by atoms with Crippen molar-refractivity contribution < 1.29 is 9.90 Å². The molecule has 200 valence electrons. The summed E-state index contributed by atoms with van der Waals surface area (Å²) in [7, 11) is 3.20. The van der Waals surface area contributed by atoms with Crippen molar-refractivity contribution >= 4 is 34.9 Å². The van der Waals surface area contributed by atoms with Gasteiger partial charge in [-0.05, 0) is 49.7 Å². The molecule has 1 aromatic heterocycles. The number of fused-ring (bicyclic) bond motifs is 2. The van der Waals surface area contributed by atoms with Crippen molar-refractivity contribution in [3.05, 3.63) is 74.9 Å². The average Bonchev–Trinajstić information content (AvgIpc) is 2.93. The van der Waals surface area contributed by atoms with Gasteiger partial charge < -0.3 is 14.9 Å². The van der Waals surface area contributed by atoms with Crippen LogP contribution < -0.4 is 21.0 Å². The van der Waals surface area contributed by atoms with Crippen molar-refractivity contribution in [3.63, 3.8) is 0 Å². The molecule has 0 spiro atoms. The van der Waals surface area contributed by atoms with Crippen LogP contribution in [-0.2, 0) is 18.9 Å². The Hall–Kier alpha value is -3.50. The smallest absolute Gasteiger partial charge is 0.332 e. The highest BCUT2D eigenvalue weighted by atomic mass is 32.2. The summed E-state index contributed by atoms with van der Waals surface area (Å²) in [4.78, 5) is 45.3. The minimum absolute atomic E-state index is 0.285. The van der Waals surface area contributed by atoms with Gasteiger partial charge in [0.2, 0.25) is 0 Å². The zero-order valence-corrected chi connectivity index (χ0v) is 22.8. The van der Waals surface area contributed by atoms with Crippen LogP contribution in [-0.4, -0.2) is 64.4 Å². The molecular formula is C28H33N5O4S. The maximum absolute atomic E-state index is 12.3. The normalized spacial score (nSPS) is 16.2. The van der Waals surface area contributed by atoms with E-state index in [0.29, 0.717) is 5.82 Å². The van der Waals surface area contributed by atoms with Gasteiger partial charge in [-0.2, -0.15) is 0 Å². The summed E-state index contributed by atoms with van der Waals surface area (Å²) < 4.78 is 2.67. The first kappa shape index (κ1) is 26.1. The van der Waals surface area contributed by atoms with E-state index in [1.54, 1.807) is 36.4 Å². The fourth-order valence-electron chi connectivity index (χ4n) is 5.18. The highest BCUT2D eigenvalue weighted by molar-refractivity contribution is 7.99. The van der Waals surface area contributed by atoms with E-state index in [4.69, 9.17) is 0 Å². The molecule has 2 aromatic carbocycles. The lowest BCUT2D eigenvalue weighted by Crippen LogP contribution is -2.49. The standard InChI is InChI=1S/C28H33N5O4S/c1-19(27(35)36)20-9-10-24-22(17-20)33(21-7-4-5-8-23(21)38-24)12-6-11-31-13-15-32(16-14-31)25-18-26(34)30(3)28(37)29(25)2/h4-5,7-10,17-19H,6,11-16H2,1-3H3,(H,35,36). The Kier molecular flexibility index (Phi) is 7.36. The molecular weight excluding hydrogens is 502 g/mol. The summed E-state index contributed by atoms with van der Waals surface area (Å²) in [5.74, 6) is -0.719. The molecule has 3 heterocycles. The predicted molar refractivity (Wildman–Crippen MR) is 150 cm³/mol. The first-order valence-electron chi connectivity index (χ1n) is 12.9. The quantitative estimate of drug-likeness (QED) is 0.494. The van der Waals surface area contributed by atoms with E-state index in [0.717, 1.165) is 72.1 Å². The molecule has 38 heavy (non-hydrogen) atoms. The van der Waals surface area contributed by atoms with Crippen molar-refractivity contribution in [2.24, 2.45) is 14.1 Å². The van der Waals surface area contributed by atoms with Gasteiger partial charge in [0.25, 0.3) is 5.56 Å². The topological polar surface area (TPSA) is 91.0 Å². The molecule has 0 bridgehead atoms. The lowest BCUT2D eigenvalue weighted by atomic mass is 10.0. The van der Waals surface area contributed by atoms with Crippen molar-refractivity contribution in [2.45, 2.75) is 29.1 Å². The molecule has 9 nitrogen and oxygen atoms in total. The number of carbonyl (C=O) groups is 1. The van der Waals surface area contributed by atoms with Crippen LogP contribution in [0.3, 0.4) is 0 Å². The molecule has 0 amide bonds. The number of para-hydroxylation sites is 1. The van der Waals surface area contributed by atoms with E-state index in [1.807, 2.05) is 30.3 Å². The zero-order chi connectivity index (χ0) is 27.0. The van der Waals surface area contributed by atoms with Gasteiger partial charge in [0, 0.05) is 62.7 Å². The van der Waals surface area contributed by atoms with Crippen LogP contribution in [0.2, 0.25) is 0 Å². The zero-order valence-electron chi connectivity index (χ0n) is 22.0. The van der Waals surface area contributed by atoms with Gasteiger partial charge >= 0.3 is 11.7 Å². The summed E-state index contributed by atoms with van der Waals surface area (Å²) in [6.07, 6.45) is 0.946. The molecule has 3 aromatic rings. The molecule has 2 aliphatic heterocycles. The highest BCUT2D eigenvalue weighted by Crippen LogP contribution is 2.48. The molecule has 1 atom stereocenters. The summed E-state index contributed by atoms with van der Waals surface area (Å²) in [6, 6.07) is 15.9. The summed E-state index contributed by atoms with van der Waals surface area (Å²) >= 11 is 1.73. The SMILES string of the molecule is CC(C(=O)O)c1ccc2c(c1)N(CCCN1CCN(c3cc(=O)n(C)c(=O)n3C)CC1)c1ccccc1S2. The van der Waals surface area contributed by atoms with Crippen molar-refractivity contribution in [1.82, 2.24) is 14.0 Å². The summed E-state index contributed by atoms with van der Waals surface area (Å²) in [5.41, 5.74) is 2.43. The van der Waals surface area contributed by atoms with E-state index in [9.17, 15) is 19.5 Å². The number of benzene rings is 2. The van der Waals surface area contributed by atoms with Crippen molar-refractivity contribution in [1.29, 1.82) is 0 Å². The largest absolute Gasteiger partial charge is 0.481 e. The number of piperazine rings is 1. The number of rotatable bonds is 7. The Balaban J connectivity index is 1.26. The fourth-order valence-corrected chi connectivity index (χ4v) is 6.25. The maximum Gasteiger partial charge on any atom is 0.332 e. The van der Waals surface area contributed by atoms with Crippen LogP contribution in [0.4, 0.5) is 17.2 Å². The predicted octanol–water partition coefficient (Wildman–Crippen LogP) is 3.09. The van der Waals surface area contributed by atoms with E-state index < -0.39 is 11.9 Å². The third-order valence-corrected chi connectivity index (χ3v) is 8.70. The number of carboxylic acids is 1. The number of carboxylic acid groups (broad SMARTS) is 1. The molecule has 1 saturated heterocycles. The number of anilines is 3. The van der Waals surface area contributed by atoms with Crippen LogP contribution in [0.25, 0.3) is 0 Å². The lowest BCUT2D eigenvalue weighted by molar-refractivity contribution is -0.138. The molecule has 5 rings (SSSR count). The molecule has 1 N–H and O–H groups in total.